The summed E-state index contributed by atoms with van der Waals surface area (Å²) in [6.07, 6.45) is 2.39. The first-order valence-corrected chi connectivity index (χ1v) is 9.68. The van der Waals surface area contributed by atoms with Crippen LogP contribution < -0.4 is 4.90 Å². The molecule has 1 unspecified atom stereocenters. The van der Waals surface area contributed by atoms with Gasteiger partial charge in [0, 0.05) is 37.6 Å². The van der Waals surface area contributed by atoms with Crippen LogP contribution >= 0.6 is 11.5 Å². The second-order valence-electron chi connectivity index (χ2n) is 6.59. The molecular weight excluding hydrogens is 355 g/mol. The molecule has 1 aromatic heterocycles. The van der Waals surface area contributed by atoms with Crippen LogP contribution in [-0.4, -0.2) is 59.1 Å². The summed E-state index contributed by atoms with van der Waals surface area (Å²) in [4.78, 5) is 21.5. The smallest absolute Gasteiger partial charge is 0.245 e. The lowest BCUT2D eigenvalue weighted by atomic mass is 10.1. The Kier molecular flexibility index (Phi) is 5.12. The molecule has 2 fully saturated rings. The minimum absolute atomic E-state index is 0.153. The van der Waals surface area contributed by atoms with E-state index in [0.29, 0.717) is 38.5 Å². The summed E-state index contributed by atoms with van der Waals surface area (Å²) in [6.45, 7) is 3.37. The number of amides is 1. The van der Waals surface area contributed by atoms with E-state index in [1.54, 1.807) is 12.1 Å². The normalized spacial score (nSPS) is 20.6. The molecule has 138 valence electrons. The maximum atomic E-state index is 13.0. The predicted octanol–water partition coefficient (Wildman–Crippen LogP) is 2.10. The number of aromatic nitrogens is 2. The van der Waals surface area contributed by atoms with Crippen LogP contribution in [0.1, 0.15) is 24.2 Å². The van der Waals surface area contributed by atoms with E-state index in [-0.39, 0.29) is 17.8 Å². The quantitative estimate of drug-likeness (QED) is 0.818. The minimum atomic E-state index is -0.248. The van der Waals surface area contributed by atoms with Crippen molar-refractivity contribution >= 4 is 22.6 Å². The molecule has 2 aliphatic rings. The van der Waals surface area contributed by atoms with Crippen LogP contribution in [0, 0.1) is 5.82 Å². The lowest BCUT2D eigenvalue weighted by molar-refractivity contribution is -0.136. The molecule has 2 aromatic rings. The average molecular weight is 376 g/mol. The molecule has 2 aliphatic heterocycles. The predicted molar refractivity (Wildman–Crippen MR) is 96.9 cm³/mol. The first kappa shape index (κ1) is 17.4. The lowest BCUT2D eigenvalue weighted by Crippen LogP contribution is -2.49. The molecule has 6 nitrogen and oxygen atoms in total. The van der Waals surface area contributed by atoms with E-state index in [1.165, 1.54) is 23.7 Å². The fourth-order valence-corrected chi connectivity index (χ4v) is 4.23. The zero-order chi connectivity index (χ0) is 17.9. The van der Waals surface area contributed by atoms with E-state index >= 15 is 0 Å². The van der Waals surface area contributed by atoms with Crippen molar-refractivity contribution in [2.24, 2.45) is 0 Å². The number of nitrogens with zero attached hydrogens (tertiary/aromatic N) is 4. The second-order valence-corrected chi connectivity index (χ2v) is 7.32. The number of hydrogen-bond donors (Lipinski definition) is 0. The van der Waals surface area contributed by atoms with E-state index in [0.717, 1.165) is 30.1 Å². The molecule has 1 aromatic carbocycles. The van der Waals surface area contributed by atoms with Crippen molar-refractivity contribution in [1.82, 2.24) is 14.3 Å². The van der Waals surface area contributed by atoms with Gasteiger partial charge in [-0.15, -0.1) is 0 Å². The SMILES string of the molecule is O=C(C1CCCN1c1nc(Cc2ccc(F)cc2)ns1)N1CCOCC1. The van der Waals surface area contributed by atoms with Gasteiger partial charge in [0.05, 0.1) is 13.2 Å². The molecule has 0 bridgehead atoms. The molecule has 0 aliphatic carbocycles. The van der Waals surface area contributed by atoms with Gasteiger partial charge in [-0.2, -0.15) is 4.37 Å². The molecule has 4 rings (SSSR count). The number of rotatable bonds is 4. The summed E-state index contributed by atoms with van der Waals surface area (Å²) < 4.78 is 22.8. The zero-order valence-corrected chi connectivity index (χ0v) is 15.3. The summed E-state index contributed by atoms with van der Waals surface area (Å²) in [5, 5.41) is 0.797. The monoisotopic (exact) mass is 376 g/mol. The Labute approximate surface area is 155 Å². The number of anilines is 1. The van der Waals surface area contributed by atoms with Gasteiger partial charge in [0.15, 0.2) is 0 Å². The molecule has 26 heavy (non-hydrogen) atoms. The van der Waals surface area contributed by atoms with E-state index in [9.17, 15) is 9.18 Å². The molecule has 3 heterocycles. The van der Waals surface area contributed by atoms with E-state index in [1.807, 2.05) is 4.90 Å². The number of halogens is 1. The molecule has 0 spiro atoms. The highest BCUT2D eigenvalue weighted by Gasteiger charge is 2.36. The molecule has 0 radical (unpaired) electrons. The van der Waals surface area contributed by atoms with Crippen molar-refractivity contribution in [3.63, 3.8) is 0 Å². The third-order valence-electron chi connectivity index (χ3n) is 4.84. The Hall–Kier alpha value is -2.06. The first-order valence-electron chi connectivity index (χ1n) is 8.91. The minimum Gasteiger partial charge on any atom is -0.378 e. The average Bonchev–Trinajstić information content (AvgIpc) is 3.33. The second kappa shape index (κ2) is 7.67. The maximum Gasteiger partial charge on any atom is 0.245 e. The number of hydrogen-bond acceptors (Lipinski definition) is 6. The summed E-state index contributed by atoms with van der Waals surface area (Å²) in [6, 6.07) is 6.23. The van der Waals surface area contributed by atoms with Crippen molar-refractivity contribution in [3.05, 3.63) is 41.5 Å². The Morgan fingerprint density at radius 1 is 1.23 bits per heavy atom. The molecule has 0 N–H and O–H groups in total. The van der Waals surface area contributed by atoms with Crippen molar-refractivity contribution in [2.75, 3.05) is 37.7 Å². The number of benzene rings is 1. The van der Waals surface area contributed by atoms with E-state index in [4.69, 9.17) is 4.74 Å². The highest BCUT2D eigenvalue weighted by molar-refractivity contribution is 7.09. The summed E-state index contributed by atoms with van der Waals surface area (Å²) in [5.74, 6) is 0.629. The molecule has 0 saturated carbocycles. The van der Waals surface area contributed by atoms with Gasteiger partial charge in [-0.1, -0.05) is 12.1 Å². The molecule has 2 saturated heterocycles. The van der Waals surface area contributed by atoms with Gasteiger partial charge in [0.2, 0.25) is 11.0 Å². The van der Waals surface area contributed by atoms with E-state index < -0.39 is 0 Å². The van der Waals surface area contributed by atoms with Gasteiger partial charge in [-0.3, -0.25) is 4.79 Å². The van der Waals surface area contributed by atoms with Crippen LogP contribution in [0.5, 0.6) is 0 Å². The van der Waals surface area contributed by atoms with E-state index in [2.05, 4.69) is 14.3 Å². The van der Waals surface area contributed by atoms with Crippen LogP contribution in [0.25, 0.3) is 0 Å². The highest BCUT2D eigenvalue weighted by Crippen LogP contribution is 2.29. The zero-order valence-electron chi connectivity index (χ0n) is 14.4. The van der Waals surface area contributed by atoms with Crippen molar-refractivity contribution in [1.29, 1.82) is 0 Å². The number of carbonyl (C=O) groups excluding carboxylic acids is 1. The van der Waals surface area contributed by atoms with Crippen LogP contribution in [-0.2, 0) is 16.0 Å². The Balaban J connectivity index is 1.45. The first-order chi connectivity index (χ1) is 12.7. The largest absolute Gasteiger partial charge is 0.378 e. The van der Waals surface area contributed by atoms with Crippen LogP contribution in [0.15, 0.2) is 24.3 Å². The Morgan fingerprint density at radius 2 is 2.00 bits per heavy atom. The summed E-state index contributed by atoms with van der Waals surface area (Å²) in [7, 11) is 0. The van der Waals surface area contributed by atoms with Crippen molar-refractivity contribution < 1.29 is 13.9 Å². The number of morpholine rings is 1. The number of ether oxygens (including phenoxy) is 1. The van der Waals surface area contributed by atoms with Gasteiger partial charge in [0.25, 0.3) is 0 Å². The molecule has 1 amide bonds. The lowest BCUT2D eigenvalue weighted by Gasteiger charge is -2.32. The summed E-state index contributed by atoms with van der Waals surface area (Å²) in [5.41, 5.74) is 0.970. The summed E-state index contributed by atoms with van der Waals surface area (Å²) >= 11 is 1.33. The van der Waals surface area contributed by atoms with Crippen LogP contribution in [0.4, 0.5) is 9.52 Å². The fourth-order valence-electron chi connectivity index (χ4n) is 3.46. The Morgan fingerprint density at radius 3 is 2.77 bits per heavy atom. The van der Waals surface area contributed by atoms with Gasteiger partial charge in [-0.25, -0.2) is 9.37 Å². The highest BCUT2D eigenvalue weighted by atomic mass is 32.1. The maximum absolute atomic E-state index is 13.0. The van der Waals surface area contributed by atoms with Gasteiger partial charge in [0.1, 0.15) is 17.7 Å². The Bertz CT molecular complexity index is 761. The number of carbonyl (C=O) groups is 1. The molecule has 1 atom stereocenters. The fraction of sp³-hybridized carbons (Fsp3) is 0.500. The van der Waals surface area contributed by atoms with Crippen LogP contribution in [0.3, 0.4) is 0 Å². The topological polar surface area (TPSA) is 58.6 Å². The molecule has 8 heteroatoms. The van der Waals surface area contributed by atoms with Gasteiger partial charge < -0.3 is 14.5 Å². The van der Waals surface area contributed by atoms with Gasteiger partial charge >= 0.3 is 0 Å². The van der Waals surface area contributed by atoms with Crippen molar-refractivity contribution in [3.8, 4) is 0 Å². The molecular formula is C18H21FN4O2S. The third-order valence-corrected chi connectivity index (χ3v) is 5.63. The van der Waals surface area contributed by atoms with Crippen molar-refractivity contribution in [2.45, 2.75) is 25.3 Å². The third kappa shape index (κ3) is 3.71. The van der Waals surface area contributed by atoms with Crippen LogP contribution in [0.2, 0.25) is 0 Å². The van der Waals surface area contributed by atoms with Gasteiger partial charge in [-0.05, 0) is 30.5 Å². The standard InChI is InChI=1S/C18H21FN4O2S/c19-14-5-3-13(4-6-14)12-16-20-18(26-21-16)23-7-1-2-15(23)17(24)22-8-10-25-11-9-22/h3-6,15H,1-2,7-12H2.